The lowest BCUT2D eigenvalue weighted by atomic mass is 9.53. The van der Waals surface area contributed by atoms with Crippen LogP contribution in [0.3, 0.4) is 0 Å². The van der Waals surface area contributed by atoms with Crippen LogP contribution in [0.2, 0.25) is 18.1 Å². The van der Waals surface area contributed by atoms with Crippen LogP contribution in [0.25, 0.3) is 0 Å². The summed E-state index contributed by atoms with van der Waals surface area (Å²) >= 11 is 0. The van der Waals surface area contributed by atoms with Gasteiger partial charge in [-0.15, -0.1) is 0 Å². The molecule has 4 rings (SSSR count). The number of fused-ring (bicyclic) bond motifs is 5. The predicted molar refractivity (Wildman–Crippen MR) is 174 cm³/mol. The van der Waals surface area contributed by atoms with Gasteiger partial charge >= 0.3 is 0 Å². The number of hydrogen-bond acceptors (Lipinski definition) is 5. The lowest BCUT2D eigenvalue weighted by Gasteiger charge is -2.54. The highest BCUT2D eigenvalue weighted by atomic mass is 28.4. The molecular weight excluding hydrogens is 540 g/mol. The highest BCUT2D eigenvalue weighted by Crippen LogP contribution is 2.74. The fraction of sp³-hybridized carbons (Fsp3) is 0.972. The van der Waals surface area contributed by atoms with Crippen LogP contribution >= 0.6 is 0 Å². The average molecular weight is 607 g/mol. The molecule has 0 saturated heterocycles. The van der Waals surface area contributed by atoms with Crippen molar-refractivity contribution in [1.29, 1.82) is 0 Å². The standard InChI is InChI=1S/C36H66O5Si/c1-13-23(2)29(37)17-14-24(3)26-15-16-27-30-28(19-20-34(26,27)7)35(8)21-18-25(41-42(11,12)33(4,5)6)22-36(35,38)31(30)32(39-9)40-10/h23-28,30-32,38H,13-22H2,1-12H3/t23-,24+,25-,26+,27-,28-,30-,31-,34+,35+,36+/m0/s1. The van der Waals surface area contributed by atoms with E-state index in [-0.39, 0.29) is 33.8 Å². The maximum atomic E-state index is 13.1. The Labute approximate surface area is 259 Å². The van der Waals surface area contributed by atoms with E-state index in [4.69, 9.17) is 13.9 Å². The van der Waals surface area contributed by atoms with Crippen molar-refractivity contribution in [2.75, 3.05) is 14.2 Å². The summed E-state index contributed by atoms with van der Waals surface area (Å²) in [4.78, 5) is 12.7. The zero-order valence-electron chi connectivity index (χ0n) is 29.3. The first-order chi connectivity index (χ1) is 19.4. The molecule has 244 valence electrons. The number of hydrogen-bond donors (Lipinski definition) is 1. The molecule has 0 heterocycles. The lowest BCUT2D eigenvalue weighted by molar-refractivity contribution is -0.225. The van der Waals surface area contributed by atoms with Gasteiger partial charge in [-0.2, -0.15) is 0 Å². The normalized spacial score (nSPS) is 41.8. The highest BCUT2D eigenvalue weighted by molar-refractivity contribution is 6.74. The Hall–Kier alpha value is -0.273. The van der Waals surface area contributed by atoms with Crippen molar-refractivity contribution in [3.8, 4) is 0 Å². The summed E-state index contributed by atoms with van der Waals surface area (Å²) in [6, 6.07) is 0. The fourth-order valence-electron chi connectivity index (χ4n) is 10.7. The Bertz CT molecular complexity index is 957. The van der Waals surface area contributed by atoms with Crippen molar-refractivity contribution in [1.82, 2.24) is 0 Å². The Balaban J connectivity index is 1.64. The minimum Gasteiger partial charge on any atom is -0.414 e. The predicted octanol–water partition coefficient (Wildman–Crippen LogP) is 8.64. The molecule has 4 fully saturated rings. The van der Waals surface area contributed by atoms with Gasteiger partial charge in [0.2, 0.25) is 0 Å². The zero-order valence-corrected chi connectivity index (χ0v) is 30.3. The van der Waals surface area contributed by atoms with Gasteiger partial charge in [-0.25, -0.2) is 0 Å². The SMILES string of the molecule is CC[C@H](C)C(=O)CC[C@@H](C)[C@H]1CC[C@H]2[C@@H]3[C@@H](C(OC)OC)[C@]4(O)C[C@@H](O[Si](C)(C)C(C)(C)C)CC[C@]4(C)[C@H]3CC[C@]12C. The Morgan fingerprint density at radius 2 is 1.64 bits per heavy atom. The van der Waals surface area contributed by atoms with Gasteiger partial charge in [-0.3, -0.25) is 4.79 Å². The number of Topliss-reactive ketones (excluding diaryl/α,β-unsaturated/α-hetero) is 1. The van der Waals surface area contributed by atoms with E-state index in [1.165, 1.54) is 19.3 Å². The molecule has 0 radical (unpaired) electrons. The van der Waals surface area contributed by atoms with Gasteiger partial charge in [-0.05, 0) is 105 Å². The molecule has 42 heavy (non-hydrogen) atoms. The molecule has 0 amide bonds. The van der Waals surface area contributed by atoms with Crippen LogP contribution in [-0.4, -0.2) is 51.4 Å². The average Bonchev–Trinajstić information content (AvgIpc) is 3.36. The Kier molecular flexibility index (Phi) is 10.0. The third-order valence-corrected chi connectivity index (χ3v) is 19.0. The molecule has 0 unspecified atom stereocenters. The number of ether oxygens (including phenoxy) is 2. The number of methoxy groups -OCH3 is 2. The molecule has 0 aromatic heterocycles. The molecule has 5 nitrogen and oxygen atoms in total. The van der Waals surface area contributed by atoms with Crippen LogP contribution in [0.4, 0.5) is 0 Å². The first-order valence-electron chi connectivity index (χ1n) is 17.4. The number of carbonyl (C=O) groups is 1. The second kappa shape index (κ2) is 12.2. The molecule has 4 aliphatic carbocycles. The monoisotopic (exact) mass is 606 g/mol. The van der Waals surface area contributed by atoms with Crippen LogP contribution in [0.5, 0.6) is 0 Å². The molecule has 6 heteroatoms. The lowest BCUT2D eigenvalue weighted by Crippen LogP contribution is -2.58. The van der Waals surface area contributed by atoms with E-state index >= 15 is 0 Å². The summed E-state index contributed by atoms with van der Waals surface area (Å²) in [7, 11) is 1.53. The summed E-state index contributed by atoms with van der Waals surface area (Å²) in [5.41, 5.74) is -0.831. The number of carbonyl (C=O) groups excluding carboxylic acids is 1. The molecule has 4 aliphatic rings. The van der Waals surface area contributed by atoms with Gasteiger partial charge in [0.15, 0.2) is 14.6 Å². The van der Waals surface area contributed by atoms with Crippen molar-refractivity contribution in [3.63, 3.8) is 0 Å². The van der Waals surface area contributed by atoms with Gasteiger partial charge in [-0.1, -0.05) is 55.4 Å². The minimum atomic E-state index is -1.98. The van der Waals surface area contributed by atoms with Gasteiger partial charge in [0.25, 0.3) is 0 Å². The summed E-state index contributed by atoms with van der Waals surface area (Å²) in [5.74, 6) is 3.07. The summed E-state index contributed by atoms with van der Waals surface area (Å²) < 4.78 is 19.2. The van der Waals surface area contributed by atoms with Crippen LogP contribution in [0.1, 0.15) is 120 Å². The molecule has 0 aromatic carbocycles. The topological polar surface area (TPSA) is 65.0 Å². The Morgan fingerprint density at radius 1 is 1.00 bits per heavy atom. The van der Waals surface area contributed by atoms with Crippen molar-refractivity contribution in [2.45, 2.75) is 156 Å². The van der Waals surface area contributed by atoms with Crippen LogP contribution in [0, 0.1) is 52.3 Å². The van der Waals surface area contributed by atoms with Crippen molar-refractivity contribution in [3.05, 3.63) is 0 Å². The maximum absolute atomic E-state index is 13.1. The molecule has 11 atom stereocenters. The maximum Gasteiger partial charge on any atom is 0.192 e. The Morgan fingerprint density at radius 3 is 2.21 bits per heavy atom. The minimum absolute atomic E-state index is 0.0704. The second-order valence-corrected chi connectivity index (χ2v) is 22.0. The first-order valence-corrected chi connectivity index (χ1v) is 20.3. The van der Waals surface area contributed by atoms with Crippen LogP contribution < -0.4 is 0 Å². The zero-order chi connectivity index (χ0) is 31.5. The van der Waals surface area contributed by atoms with Crippen molar-refractivity contribution < 1.29 is 23.8 Å². The van der Waals surface area contributed by atoms with Crippen molar-refractivity contribution in [2.24, 2.45) is 52.3 Å². The molecule has 4 saturated carbocycles. The van der Waals surface area contributed by atoms with E-state index in [2.05, 4.69) is 68.5 Å². The van der Waals surface area contributed by atoms with E-state index < -0.39 is 20.2 Å². The highest BCUT2D eigenvalue weighted by Gasteiger charge is 2.74. The number of aliphatic hydroxyl groups is 1. The molecule has 0 bridgehead atoms. The van der Waals surface area contributed by atoms with Crippen LogP contribution in [0.15, 0.2) is 0 Å². The van der Waals surface area contributed by atoms with Gasteiger partial charge in [0, 0.05) is 50.4 Å². The third kappa shape index (κ3) is 5.54. The summed E-state index contributed by atoms with van der Waals surface area (Å²) in [6.45, 7) is 23.1. The van der Waals surface area contributed by atoms with E-state index in [1.807, 2.05) is 0 Å². The van der Waals surface area contributed by atoms with Gasteiger partial charge < -0.3 is 19.0 Å². The molecule has 0 aliphatic heterocycles. The third-order valence-electron chi connectivity index (χ3n) is 14.4. The van der Waals surface area contributed by atoms with E-state index in [0.29, 0.717) is 48.2 Å². The summed E-state index contributed by atoms with van der Waals surface area (Å²) in [6.07, 6.45) is 9.82. The van der Waals surface area contributed by atoms with Gasteiger partial charge in [0.1, 0.15) is 5.78 Å². The smallest absolute Gasteiger partial charge is 0.192 e. The molecule has 0 spiro atoms. The first kappa shape index (κ1) is 34.6. The van der Waals surface area contributed by atoms with Crippen LogP contribution in [-0.2, 0) is 18.7 Å². The van der Waals surface area contributed by atoms with E-state index in [1.54, 1.807) is 14.2 Å². The molecule has 0 aromatic rings. The molecule has 1 N–H and O–H groups in total. The van der Waals surface area contributed by atoms with Crippen molar-refractivity contribution >= 4 is 14.1 Å². The second-order valence-electron chi connectivity index (χ2n) is 17.3. The van der Waals surface area contributed by atoms with E-state index in [9.17, 15) is 9.90 Å². The number of rotatable bonds is 11. The largest absolute Gasteiger partial charge is 0.414 e. The number of ketones is 1. The molecular formula is C36H66O5Si. The van der Waals surface area contributed by atoms with Gasteiger partial charge in [0.05, 0.1) is 5.60 Å². The summed E-state index contributed by atoms with van der Waals surface area (Å²) in [5, 5.41) is 13.2. The van der Waals surface area contributed by atoms with E-state index in [0.717, 1.165) is 32.1 Å². The fourth-order valence-corrected chi connectivity index (χ4v) is 12.0. The quantitative estimate of drug-likeness (QED) is 0.188.